The number of hydrogen-bond donors (Lipinski definition) is 2. The van der Waals surface area contributed by atoms with Gasteiger partial charge in [0, 0.05) is 15.6 Å². The number of nitrogens with zero attached hydrogens (tertiary/aromatic N) is 1. The molecule has 24 heavy (non-hydrogen) atoms. The van der Waals surface area contributed by atoms with Crippen molar-refractivity contribution in [1.29, 1.82) is 0 Å². The third-order valence-electron chi connectivity index (χ3n) is 3.34. The molecule has 0 radical (unpaired) electrons. The number of phenols is 1. The predicted molar refractivity (Wildman–Crippen MR) is 95.0 cm³/mol. The van der Waals surface area contributed by atoms with Crippen molar-refractivity contribution in [3.8, 4) is 17.2 Å². The fraction of sp³-hybridized carbons (Fsp3) is 0.176. The number of nitrogens with one attached hydrogen (secondary N) is 1. The van der Waals surface area contributed by atoms with Crippen molar-refractivity contribution >= 4 is 27.5 Å². The van der Waals surface area contributed by atoms with Crippen molar-refractivity contribution in [3.63, 3.8) is 0 Å². The summed E-state index contributed by atoms with van der Waals surface area (Å²) in [6.45, 7) is 1.67. The summed E-state index contributed by atoms with van der Waals surface area (Å²) in [5.41, 5.74) is 3.80. The molecule has 7 heteroatoms. The monoisotopic (exact) mass is 392 g/mol. The Kier molecular flexibility index (Phi) is 5.81. The number of amides is 1. The number of rotatable bonds is 5. The molecule has 2 rings (SSSR count). The third kappa shape index (κ3) is 3.86. The highest BCUT2D eigenvalue weighted by Gasteiger charge is 2.16. The fourth-order valence-electron chi connectivity index (χ4n) is 2.06. The lowest BCUT2D eigenvalue weighted by molar-refractivity contribution is 0.0955. The predicted octanol–water partition coefficient (Wildman–Crippen LogP) is 3.33. The van der Waals surface area contributed by atoms with Gasteiger partial charge in [-0.15, -0.1) is 0 Å². The van der Waals surface area contributed by atoms with E-state index >= 15 is 0 Å². The maximum absolute atomic E-state index is 12.1. The quantitative estimate of drug-likeness (QED) is 0.603. The summed E-state index contributed by atoms with van der Waals surface area (Å²) in [5.74, 6) is 0.173. The Labute approximate surface area is 148 Å². The second-order valence-electron chi connectivity index (χ2n) is 4.84. The molecule has 2 N–H and O–H groups in total. The number of benzene rings is 2. The van der Waals surface area contributed by atoms with Gasteiger partial charge in [0.25, 0.3) is 5.91 Å². The molecule has 1 amide bonds. The normalized spacial score (nSPS) is 11.1. The largest absolute Gasteiger partial charge is 0.504 e. The van der Waals surface area contributed by atoms with Gasteiger partial charge in [-0.2, -0.15) is 5.10 Å². The van der Waals surface area contributed by atoms with E-state index < -0.39 is 0 Å². The number of halogens is 1. The Morgan fingerprint density at radius 2 is 1.79 bits per heavy atom. The van der Waals surface area contributed by atoms with Crippen molar-refractivity contribution in [2.24, 2.45) is 5.10 Å². The summed E-state index contributed by atoms with van der Waals surface area (Å²) < 4.78 is 11.1. The molecule has 0 aliphatic rings. The Hall–Kier alpha value is -2.54. The molecule has 0 aromatic heterocycles. The lowest BCUT2D eigenvalue weighted by Gasteiger charge is -2.12. The van der Waals surface area contributed by atoms with Gasteiger partial charge in [-0.3, -0.25) is 4.79 Å². The number of aromatic hydroxyl groups is 1. The van der Waals surface area contributed by atoms with Gasteiger partial charge in [-0.25, -0.2) is 5.43 Å². The maximum atomic E-state index is 12.1. The number of hydrazone groups is 1. The minimum absolute atomic E-state index is 0.101. The highest BCUT2D eigenvalue weighted by Crippen LogP contribution is 2.39. The first-order valence-corrected chi connectivity index (χ1v) is 7.81. The van der Waals surface area contributed by atoms with E-state index in [4.69, 9.17) is 9.47 Å². The van der Waals surface area contributed by atoms with Crippen LogP contribution in [0.1, 0.15) is 22.8 Å². The number of phenolic OH excluding ortho intramolecular Hbond substituents is 1. The van der Waals surface area contributed by atoms with Crippen LogP contribution < -0.4 is 14.9 Å². The molecule has 2 aromatic rings. The zero-order valence-electron chi connectivity index (χ0n) is 13.5. The van der Waals surface area contributed by atoms with Crippen LogP contribution in [0, 0.1) is 0 Å². The maximum Gasteiger partial charge on any atom is 0.271 e. The molecule has 0 atom stereocenters. The van der Waals surface area contributed by atoms with Crippen LogP contribution in [0.2, 0.25) is 0 Å². The molecule has 126 valence electrons. The first-order chi connectivity index (χ1) is 11.5. The van der Waals surface area contributed by atoms with Gasteiger partial charge in [0.15, 0.2) is 11.5 Å². The van der Waals surface area contributed by atoms with Gasteiger partial charge in [0.05, 0.1) is 19.9 Å². The summed E-state index contributed by atoms with van der Waals surface area (Å²) in [4.78, 5) is 12.1. The molecule has 0 bridgehead atoms. The third-order valence-corrected chi connectivity index (χ3v) is 3.87. The number of carbonyl (C=O) groups excluding carboxylic acids is 1. The Bertz CT molecular complexity index is 773. The number of ether oxygens (including phenoxy) is 2. The number of carbonyl (C=O) groups is 1. The average molecular weight is 393 g/mol. The highest BCUT2D eigenvalue weighted by molar-refractivity contribution is 9.10. The van der Waals surface area contributed by atoms with Crippen LogP contribution in [0.25, 0.3) is 0 Å². The van der Waals surface area contributed by atoms with Crippen LogP contribution in [-0.4, -0.2) is 30.9 Å². The topological polar surface area (TPSA) is 80.2 Å². The van der Waals surface area contributed by atoms with Crippen molar-refractivity contribution in [2.45, 2.75) is 6.92 Å². The van der Waals surface area contributed by atoms with Crippen LogP contribution in [0.15, 0.2) is 46.0 Å². The van der Waals surface area contributed by atoms with E-state index in [-0.39, 0.29) is 17.4 Å². The Morgan fingerprint density at radius 1 is 1.12 bits per heavy atom. The van der Waals surface area contributed by atoms with E-state index in [2.05, 4.69) is 26.5 Å². The first-order valence-electron chi connectivity index (χ1n) is 7.02. The van der Waals surface area contributed by atoms with E-state index in [1.165, 1.54) is 14.2 Å². The van der Waals surface area contributed by atoms with Crippen molar-refractivity contribution in [1.82, 2.24) is 5.43 Å². The highest BCUT2D eigenvalue weighted by atomic mass is 79.9. The fourth-order valence-corrected chi connectivity index (χ4v) is 2.33. The molecule has 6 nitrogen and oxygen atoms in total. The van der Waals surface area contributed by atoms with E-state index in [0.717, 1.165) is 4.47 Å². The summed E-state index contributed by atoms with van der Waals surface area (Å²) in [6, 6.07) is 10.2. The smallest absolute Gasteiger partial charge is 0.271 e. The zero-order chi connectivity index (χ0) is 17.7. The van der Waals surface area contributed by atoms with Crippen LogP contribution >= 0.6 is 15.9 Å². The molecule has 0 saturated heterocycles. The van der Waals surface area contributed by atoms with Gasteiger partial charge in [0.2, 0.25) is 5.75 Å². The minimum Gasteiger partial charge on any atom is -0.504 e. The number of methoxy groups -OCH3 is 2. The molecule has 0 unspecified atom stereocenters. The minimum atomic E-state index is -0.346. The first kappa shape index (κ1) is 17.8. The Balaban J connectivity index is 2.22. The van der Waals surface area contributed by atoms with Gasteiger partial charge in [-0.05, 0) is 43.3 Å². The van der Waals surface area contributed by atoms with Crippen LogP contribution in [0.4, 0.5) is 0 Å². The van der Waals surface area contributed by atoms with Crippen molar-refractivity contribution in [3.05, 3.63) is 52.0 Å². The van der Waals surface area contributed by atoms with E-state index in [1.54, 1.807) is 43.3 Å². The van der Waals surface area contributed by atoms with E-state index in [0.29, 0.717) is 22.6 Å². The summed E-state index contributed by atoms with van der Waals surface area (Å²) in [5, 5.41) is 14.3. The van der Waals surface area contributed by atoms with Crippen LogP contribution in [0.5, 0.6) is 17.2 Å². The molecule has 2 aromatic carbocycles. The van der Waals surface area contributed by atoms with Gasteiger partial charge >= 0.3 is 0 Å². The standard InChI is InChI=1S/C17H17BrN2O4/c1-10(13-8-9-14(23-2)16(24-3)15(13)21)19-20-17(22)11-4-6-12(18)7-5-11/h4-9,21H,1-3H3,(H,20,22). The summed E-state index contributed by atoms with van der Waals surface area (Å²) in [7, 11) is 2.92. The molecule has 0 heterocycles. The van der Waals surface area contributed by atoms with Gasteiger partial charge in [0.1, 0.15) is 0 Å². The molecule has 0 aliphatic heterocycles. The van der Waals surface area contributed by atoms with Crippen molar-refractivity contribution < 1.29 is 19.4 Å². The zero-order valence-corrected chi connectivity index (χ0v) is 15.0. The molecular formula is C17H17BrN2O4. The molecule has 0 aliphatic carbocycles. The van der Waals surface area contributed by atoms with E-state index in [1.807, 2.05) is 0 Å². The summed E-state index contributed by atoms with van der Waals surface area (Å²) >= 11 is 3.31. The lowest BCUT2D eigenvalue weighted by atomic mass is 10.1. The molecule has 0 fully saturated rings. The number of hydrogen-bond acceptors (Lipinski definition) is 5. The Morgan fingerprint density at radius 3 is 2.38 bits per heavy atom. The second-order valence-corrected chi connectivity index (χ2v) is 5.76. The van der Waals surface area contributed by atoms with Gasteiger partial charge in [-0.1, -0.05) is 15.9 Å². The van der Waals surface area contributed by atoms with Crippen LogP contribution in [-0.2, 0) is 0 Å². The van der Waals surface area contributed by atoms with Crippen molar-refractivity contribution in [2.75, 3.05) is 14.2 Å². The lowest BCUT2D eigenvalue weighted by Crippen LogP contribution is -2.19. The second kappa shape index (κ2) is 7.83. The van der Waals surface area contributed by atoms with Gasteiger partial charge < -0.3 is 14.6 Å². The summed E-state index contributed by atoms with van der Waals surface area (Å²) in [6.07, 6.45) is 0. The molecule has 0 spiro atoms. The SMILES string of the molecule is COc1ccc(C(C)=NNC(=O)c2ccc(Br)cc2)c(O)c1OC. The van der Waals surface area contributed by atoms with E-state index in [9.17, 15) is 9.90 Å². The van der Waals surface area contributed by atoms with Crippen LogP contribution in [0.3, 0.4) is 0 Å². The molecule has 0 saturated carbocycles. The molecular weight excluding hydrogens is 376 g/mol. The average Bonchev–Trinajstić information content (AvgIpc) is 2.59.